The van der Waals surface area contributed by atoms with Crippen LogP contribution >= 0.6 is 0 Å². The van der Waals surface area contributed by atoms with E-state index in [0.717, 1.165) is 41.6 Å². The molecule has 1 aromatic carbocycles. The van der Waals surface area contributed by atoms with E-state index in [0.29, 0.717) is 13.1 Å². The molecule has 0 radical (unpaired) electrons. The van der Waals surface area contributed by atoms with Crippen LogP contribution in [0.15, 0.2) is 24.3 Å². The highest BCUT2D eigenvalue weighted by Crippen LogP contribution is 2.21. The SMILES string of the molecule is Cc1ccc(C(=O)N2CCN(c3nc(C)nc(C)c3C)CC2)cc1. The molecule has 126 valence electrons. The molecule has 0 unspecified atom stereocenters. The summed E-state index contributed by atoms with van der Waals surface area (Å²) in [4.78, 5) is 25.8. The average Bonchev–Trinajstić information content (AvgIpc) is 2.58. The van der Waals surface area contributed by atoms with Crippen molar-refractivity contribution in [3.8, 4) is 0 Å². The molecule has 0 N–H and O–H groups in total. The van der Waals surface area contributed by atoms with Crippen molar-refractivity contribution in [2.24, 2.45) is 0 Å². The molecule has 0 bridgehead atoms. The van der Waals surface area contributed by atoms with Crippen molar-refractivity contribution in [3.05, 3.63) is 52.5 Å². The number of aryl methyl sites for hydroxylation is 3. The van der Waals surface area contributed by atoms with E-state index in [1.165, 1.54) is 5.56 Å². The van der Waals surface area contributed by atoms with Gasteiger partial charge in [-0.05, 0) is 39.8 Å². The number of aromatic nitrogens is 2. The van der Waals surface area contributed by atoms with Crippen molar-refractivity contribution >= 4 is 11.7 Å². The van der Waals surface area contributed by atoms with Crippen molar-refractivity contribution in [2.45, 2.75) is 27.7 Å². The van der Waals surface area contributed by atoms with E-state index in [4.69, 9.17) is 0 Å². The van der Waals surface area contributed by atoms with E-state index in [2.05, 4.69) is 21.8 Å². The summed E-state index contributed by atoms with van der Waals surface area (Å²) in [6.07, 6.45) is 0. The maximum absolute atomic E-state index is 12.6. The van der Waals surface area contributed by atoms with E-state index in [9.17, 15) is 4.79 Å². The predicted molar refractivity (Wildman–Crippen MR) is 95.5 cm³/mol. The second-order valence-electron chi connectivity index (χ2n) is 6.45. The fourth-order valence-electron chi connectivity index (χ4n) is 3.06. The minimum absolute atomic E-state index is 0.112. The van der Waals surface area contributed by atoms with Gasteiger partial charge in [0, 0.05) is 43.0 Å². The summed E-state index contributed by atoms with van der Waals surface area (Å²) in [5.41, 5.74) is 4.08. The molecule has 2 aromatic rings. The number of piperazine rings is 1. The lowest BCUT2D eigenvalue weighted by Gasteiger charge is -2.36. The predicted octanol–water partition coefficient (Wildman–Crippen LogP) is 2.67. The quantitative estimate of drug-likeness (QED) is 0.852. The number of carbonyl (C=O) groups excluding carboxylic acids is 1. The van der Waals surface area contributed by atoms with Gasteiger partial charge in [-0.15, -0.1) is 0 Å². The Morgan fingerprint density at radius 2 is 1.54 bits per heavy atom. The Morgan fingerprint density at radius 1 is 0.917 bits per heavy atom. The molecule has 1 aromatic heterocycles. The lowest BCUT2D eigenvalue weighted by atomic mass is 10.1. The maximum atomic E-state index is 12.6. The second-order valence-corrected chi connectivity index (χ2v) is 6.45. The van der Waals surface area contributed by atoms with Crippen molar-refractivity contribution in [1.29, 1.82) is 0 Å². The molecular weight excluding hydrogens is 300 g/mol. The first-order chi connectivity index (χ1) is 11.5. The molecule has 5 heteroatoms. The zero-order valence-corrected chi connectivity index (χ0v) is 14.8. The molecule has 1 saturated heterocycles. The van der Waals surface area contributed by atoms with Crippen LogP contribution in [-0.2, 0) is 0 Å². The molecule has 5 nitrogen and oxygen atoms in total. The van der Waals surface area contributed by atoms with Gasteiger partial charge in [0.05, 0.1) is 0 Å². The molecule has 1 aliphatic heterocycles. The standard InChI is InChI=1S/C19H24N4O/c1-13-5-7-17(8-6-13)19(24)23-11-9-22(10-12-23)18-14(2)15(3)20-16(4)21-18/h5-8H,9-12H2,1-4H3. The first-order valence-electron chi connectivity index (χ1n) is 8.38. The molecule has 0 saturated carbocycles. The lowest BCUT2D eigenvalue weighted by molar-refractivity contribution is 0.0746. The monoisotopic (exact) mass is 324 g/mol. The number of hydrogen-bond acceptors (Lipinski definition) is 4. The van der Waals surface area contributed by atoms with E-state index in [1.807, 2.05) is 49.9 Å². The Morgan fingerprint density at radius 3 is 2.17 bits per heavy atom. The van der Waals surface area contributed by atoms with Crippen LogP contribution in [0.5, 0.6) is 0 Å². The zero-order chi connectivity index (χ0) is 17.3. The third kappa shape index (κ3) is 3.25. The number of carbonyl (C=O) groups is 1. The minimum Gasteiger partial charge on any atom is -0.353 e. The third-order valence-corrected chi connectivity index (χ3v) is 4.64. The van der Waals surface area contributed by atoms with Crippen LogP contribution in [-0.4, -0.2) is 47.0 Å². The lowest BCUT2D eigenvalue weighted by Crippen LogP contribution is -2.49. The summed E-state index contributed by atoms with van der Waals surface area (Å²) in [6.45, 7) is 11.1. The summed E-state index contributed by atoms with van der Waals surface area (Å²) < 4.78 is 0. The van der Waals surface area contributed by atoms with E-state index in [-0.39, 0.29) is 5.91 Å². The van der Waals surface area contributed by atoms with E-state index < -0.39 is 0 Å². The Hall–Kier alpha value is -2.43. The van der Waals surface area contributed by atoms with Crippen LogP contribution in [0.4, 0.5) is 5.82 Å². The number of rotatable bonds is 2. The van der Waals surface area contributed by atoms with Crippen molar-refractivity contribution in [3.63, 3.8) is 0 Å². The van der Waals surface area contributed by atoms with Crippen LogP contribution in [0.25, 0.3) is 0 Å². The Balaban J connectivity index is 1.70. The smallest absolute Gasteiger partial charge is 0.253 e. The molecule has 0 spiro atoms. The number of anilines is 1. The van der Waals surface area contributed by atoms with Crippen LogP contribution < -0.4 is 4.90 Å². The fourth-order valence-corrected chi connectivity index (χ4v) is 3.06. The van der Waals surface area contributed by atoms with Crippen LogP contribution in [0.2, 0.25) is 0 Å². The van der Waals surface area contributed by atoms with Gasteiger partial charge < -0.3 is 9.80 Å². The Labute approximate surface area is 143 Å². The number of amides is 1. The zero-order valence-electron chi connectivity index (χ0n) is 14.8. The molecule has 24 heavy (non-hydrogen) atoms. The molecule has 1 amide bonds. The summed E-state index contributed by atoms with van der Waals surface area (Å²) in [5.74, 6) is 1.91. The van der Waals surface area contributed by atoms with E-state index in [1.54, 1.807) is 0 Å². The van der Waals surface area contributed by atoms with Gasteiger partial charge in [0.25, 0.3) is 5.91 Å². The van der Waals surface area contributed by atoms with Crippen LogP contribution in [0.1, 0.15) is 33.0 Å². The number of nitrogens with zero attached hydrogens (tertiary/aromatic N) is 4. The Kier molecular flexibility index (Phi) is 4.51. The molecule has 0 aliphatic carbocycles. The highest BCUT2D eigenvalue weighted by atomic mass is 16.2. The number of hydrogen-bond donors (Lipinski definition) is 0. The highest BCUT2D eigenvalue weighted by molar-refractivity contribution is 5.94. The molecule has 2 heterocycles. The minimum atomic E-state index is 0.112. The summed E-state index contributed by atoms with van der Waals surface area (Å²) >= 11 is 0. The first kappa shape index (κ1) is 16.4. The van der Waals surface area contributed by atoms with Gasteiger partial charge in [0.15, 0.2) is 0 Å². The molecule has 0 atom stereocenters. The van der Waals surface area contributed by atoms with Gasteiger partial charge in [-0.1, -0.05) is 17.7 Å². The van der Waals surface area contributed by atoms with Gasteiger partial charge in [0.2, 0.25) is 0 Å². The molecule has 1 fully saturated rings. The summed E-state index contributed by atoms with van der Waals surface area (Å²) in [6, 6.07) is 7.79. The fraction of sp³-hybridized carbons (Fsp3) is 0.421. The van der Waals surface area contributed by atoms with Gasteiger partial charge in [0.1, 0.15) is 11.6 Å². The second kappa shape index (κ2) is 6.59. The third-order valence-electron chi connectivity index (χ3n) is 4.64. The topological polar surface area (TPSA) is 49.3 Å². The number of benzene rings is 1. The highest BCUT2D eigenvalue weighted by Gasteiger charge is 2.24. The van der Waals surface area contributed by atoms with Crippen LogP contribution in [0, 0.1) is 27.7 Å². The van der Waals surface area contributed by atoms with Gasteiger partial charge in [-0.25, -0.2) is 9.97 Å². The van der Waals surface area contributed by atoms with Crippen molar-refractivity contribution in [1.82, 2.24) is 14.9 Å². The van der Waals surface area contributed by atoms with Gasteiger partial charge in [-0.2, -0.15) is 0 Å². The summed E-state index contributed by atoms with van der Waals surface area (Å²) in [7, 11) is 0. The molecular formula is C19H24N4O. The molecule has 1 aliphatic rings. The average molecular weight is 324 g/mol. The van der Waals surface area contributed by atoms with Crippen LogP contribution in [0.3, 0.4) is 0 Å². The van der Waals surface area contributed by atoms with Crippen molar-refractivity contribution in [2.75, 3.05) is 31.1 Å². The van der Waals surface area contributed by atoms with Crippen molar-refractivity contribution < 1.29 is 4.79 Å². The normalized spacial score (nSPS) is 14.8. The van der Waals surface area contributed by atoms with Gasteiger partial charge in [-0.3, -0.25) is 4.79 Å². The summed E-state index contributed by atoms with van der Waals surface area (Å²) in [5, 5.41) is 0. The maximum Gasteiger partial charge on any atom is 0.253 e. The molecule has 3 rings (SSSR count). The Bertz CT molecular complexity index is 747. The van der Waals surface area contributed by atoms with E-state index >= 15 is 0 Å². The largest absolute Gasteiger partial charge is 0.353 e. The van der Waals surface area contributed by atoms with Gasteiger partial charge >= 0.3 is 0 Å². The first-order valence-corrected chi connectivity index (χ1v) is 8.38.